The van der Waals surface area contributed by atoms with E-state index in [0.29, 0.717) is 0 Å². The van der Waals surface area contributed by atoms with Crippen molar-refractivity contribution in [1.82, 2.24) is 21.0 Å². The summed E-state index contributed by atoms with van der Waals surface area (Å²) in [5.41, 5.74) is 2.96. The molecule has 0 radical (unpaired) electrons. The van der Waals surface area contributed by atoms with Crippen molar-refractivity contribution in [2.45, 2.75) is 19.5 Å². The molecule has 3 aromatic rings. The topological polar surface area (TPSA) is 131 Å². The summed E-state index contributed by atoms with van der Waals surface area (Å²) >= 11 is 0. The number of fused-ring (bicyclic) bond motifs is 1. The van der Waals surface area contributed by atoms with Crippen LogP contribution in [-0.2, 0) is 20.8 Å². The lowest BCUT2D eigenvalue weighted by Crippen LogP contribution is -2.45. The van der Waals surface area contributed by atoms with Gasteiger partial charge in [-0.3, -0.25) is 20.4 Å². The van der Waals surface area contributed by atoms with E-state index in [1.807, 2.05) is 0 Å². The van der Waals surface area contributed by atoms with Crippen molar-refractivity contribution < 1.29 is 35.7 Å². The lowest BCUT2D eigenvalue weighted by Gasteiger charge is -2.14. The molecule has 0 spiro atoms. The maximum Gasteiger partial charge on any atom is 0.417 e. The number of amides is 2. The first-order valence-corrected chi connectivity index (χ1v) is 11.5. The van der Waals surface area contributed by atoms with Gasteiger partial charge in [-0.25, -0.2) is 13.4 Å². The maximum absolute atomic E-state index is 13.5. The highest BCUT2D eigenvalue weighted by atomic mass is 32.2. The summed E-state index contributed by atoms with van der Waals surface area (Å²) in [7, 11) is -3.30. The van der Waals surface area contributed by atoms with Gasteiger partial charge in [-0.05, 0) is 25.5 Å². The standard InChI is InChI=1S/C20H17F3N4O5S/c1-10-16-13(18(29)26-25-17(28)11-6-7-33(30,31)9-11)8-15(24-19(16)32-27-10)12-4-2-3-5-14(12)20(21,22)23/h2-5,8,11H,6-7,9H2,1H3,(H,25,28)(H,26,29). The minimum Gasteiger partial charge on any atom is -0.335 e. The first kappa shape index (κ1) is 22.7. The van der Waals surface area contributed by atoms with Gasteiger partial charge in [-0.1, -0.05) is 23.4 Å². The van der Waals surface area contributed by atoms with Crippen LogP contribution >= 0.6 is 0 Å². The quantitative estimate of drug-likeness (QED) is 0.548. The van der Waals surface area contributed by atoms with Crippen LogP contribution < -0.4 is 10.9 Å². The van der Waals surface area contributed by atoms with Crippen LogP contribution in [-0.4, -0.2) is 41.9 Å². The average molecular weight is 482 g/mol. The zero-order valence-corrected chi connectivity index (χ0v) is 17.9. The van der Waals surface area contributed by atoms with E-state index in [9.17, 15) is 31.2 Å². The minimum absolute atomic E-state index is 0.119. The summed E-state index contributed by atoms with van der Waals surface area (Å²) in [6.07, 6.45) is -4.53. The number of hydrazine groups is 1. The number of pyridine rings is 1. The minimum atomic E-state index is -4.66. The summed E-state index contributed by atoms with van der Waals surface area (Å²) in [5, 5.41) is 3.89. The predicted octanol–water partition coefficient (Wildman–Crippen LogP) is 2.41. The molecule has 13 heteroatoms. The van der Waals surface area contributed by atoms with E-state index in [1.165, 1.54) is 25.1 Å². The maximum atomic E-state index is 13.5. The van der Waals surface area contributed by atoms with Gasteiger partial charge >= 0.3 is 6.18 Å². The molecule has 174 valence electrons. The third kappa shape index (κ3) is 4.53. The average Bonchev–Trinajstić information content (AvgIpc) is 3.32. The zero-order valence-electron chi connectivity index (χ0n) is 17.1. The van der Waals surface area contributed by atoms with Gasteiger partial charge in [0.25, 0.3) is 11.6 Å². The Labute approximate surface area is 185 Å². The Balaban J connectivity index is 1.67. The molecule has 1 saturated heterocycles. The Bertz CT molecular complexity index is 1370. The van der Waals surface area contributed by atoms with Gasteiger partial charge in [0.05, 0.1) is 45.3 Å². The first-order valence-electron chi connectivity index (χ1n) is 9.70. The molecule has 1 aliphatic rings. The van der Waals surface area contributed by atoms with Crippen LogP contribution in [0.1, 0.15) is 28.0 Å². The van der Waals surface area contributed by atoms with E-state index >= 15 is 0 Å². The van der Waals surface area contributed by atoms with Crippen molar-refractivity contribution in [3.63, 3.8) is 0 Å². The van der Waals surface area contributed by atoms with E-state index in [2.05, 4.69) is 21.0 Å². The SMILES string of the molecule is Cc1noc2nc(-c3ccccc3C(F)(F)F)cc(C(=O)NNC(=O)C3CCS(=O)(=O)C3)c12. The number of carbonyl (C=O) groups is 2. The summed E-state index contributed by atoms with van der Waals surface area (Å²) in [6, 6.07) is 5.89. The monoisotopic (exact) mass is 482 g/mol. The van der Waals surface area contributed by atoms with Gasteiger partial charge in [0.2, 0.25) is 5.91 Å². The Morgan fingerprint density at radius 2 is 1.91 bits per heavy atom. The van der Waals surface area contributed by atoms with Crippen LogP contribution in [0.5, 0.6) is 0 Å². The molecular formula is C20H17F3N4O5S. The molecule has 1 unspecified atom stereocenters. The molecule has 1 atom stereocenters. The fraction of sp³-hybridized carbons (Fsp3) is 0.300. The number of hydrogen-bond donors (Lipinski definition) is 2. The second kappa shape index (κ2) is 8.14. The molecule has 9 nitrogen and oxygen atoms in total. The third-order valence-corrected chi connectivity index (χ3v) is 7.04. The molecule has 1 aromatic carbocycles. The van der Waals surface area contributed by atoms with Crippen molar-refractivity contribution in [2.75, 3.05) is 11.5 Å². The highest BCUT2D eigenvalue weighted by Crippen LogP contribution is 2.37. The Morgan fingerprint density at radius 3 is 2.58 bits per heavy atom. The summed E-state index contributed by atoms with van der Waals surface area (Å²) in [5.74, 6) is -2.78. The number of carbonyl (C=O) groups excluding carboxylic acids is 2. The van der Waals surface area contributed by atoms with Crippen molar-refractivity contribution in [3.8, 4) is 11.3 Å². The number of hydrogen-bond acceptors (Lipinski definition) is 7. The molecule has 2 aromatic heterocycles. The van der Waals surface area contributed by atoms with Gasteiger partial charge in [0.15, 0.2) is 9.84 Å². The number of rotatable bonds is 3. The van der Waals surface area contributed by atoms with Gasteiger partial charge in [-0.15, -0.1) is 0 Å². The molecule has 2 amide bonds. The number of nitrogens with zero attached hydrogens (tertiary/aromatic N) is 2. The van der Waals surface area contributed by atoms with Crippen LogP contribution in [0, 0.1) is 12.8 Å². The van der Waals surface area contributed by atoms with Crippen LogP contribution in [0.15, 0.2) is 34.9 Å². The number of alkyl halides is 3. The van der Waals surface area contributed by atoms with Gasteiger partial charge < -0.3 is 4.52 Å². The fourth-order valence-electron chi connectivity index (χ4n) is 3.65. The van der Waals surface area contributed by atoms with Crippen LogP contribution in [0.25, 0.3) is 22.4 Å². The van der Waals surface area contributed by atoms with Crippen LogP contribution in [0.3, 0.4) is 0 Å². The smallest absolute Gasteiger partial charge is 0.335 e. The lowest BCUT2D eigenvalue weighted by atomic mass is 10.0. The number of sulfone groups is 1. The fourth-order valence-corrected chi connectivity index (χ4v) is 5.40. The third-order valence-electron chi connectivity index (χ3n) is 5.27. The first-order chi connectivity index (χ1) is 15.5. The van der Waals surface area contributed by atoms with E-state index in [4.69, 9.17) is 4.52 Å². The largest absolute Gasteiger partial charge is 0.417 e. The van der Waals surface area contributed by atoms with E-state index in [1.54, 1.807) is 0 Å². The highest BCUT2D eigenvalue weighted by Gasteiger charge is 2.35. The molecule has 0 aliphatic carbocycles. The van der Waals surface area contributed by atoms with Crippen molar-refractivity contribution in [1.29, 1.82) is 0 Å². The van der Waals surface area contributed by atoms with Gasteiger partial charge in [-0.2, -0.15) is 13.2 Å². The molecule has 4 rings (SSSR count). The number of benzene rings is 1. The van der Waals surface area contributed by atoms with E-state index in [0.717, 1.165) is 12.1 Å². The number of aryl methyl sites for hydroxylation is 1. The normalized spacial score (nSPS) is 17.8. The molecule has 3 heterocycles. The van der Waals surface area contributed by atoms with Gasteiger partial charge in [0, 0.05) is 5.56 Å². The molecule has 0 saturated carbocycles. The molecular weight excluding hydrogens is 465 g/mol. The van der Waals surface area contributed by atoms with Crippen LogP contribution in [0.4, 0.5) is 13.2 Å². The lowest BCUT2D eigenvalue weighted by molar-refractivity contribution is -0.137. The zero-order chi connectivity index (χ0) is 24.0. The molecule has 1 aliphatic heterocycles. The van der Waals surface area contributed by atoms with E-state index in [-0.39, 0.29) is 51.5 Å². The Morgan fingerprint density at radius 1 is 1.18 bits per heavy atom. The van der Waals surface area contributed by atoms with Gasteiger partial charge in [0.1, 0.15) is 0 Å². The van der Waals surface area contributed by atoms with Crippen molar-refractivity contribution >= 4 is 32.8 Å². The highest BCUT2D eigenvalue weighted by molar-refractivity contribution is 7.91. The second-order valence-electron chi connectivity index (χ2n) is 7.59. The van der Waals surface area contributed by atoms with Crippen LogP contribution in [0.2, 0.25) is 0 Å². The summed E-state index contributed by atoms with van der Waals surface area (Å²) in [4.78, 5) is 29.2. The van der Waals surface area contributed by atoms with Crippen molar-refractivity contribution in [3.05, 3.63) is 47.2 Å². The molecule has 0 bridgehead atoms. The number of aromatic nitrogens is 2. The molecule has 33 heavy (non-hydrogen) atoms. The van der Waals surface area contributed by atoms with Crippen molar-refractivity contribution in [2.24, 2.45) is 5.92 Å². The predicted molar refractivity (Wildman–Crippen MR) is 109 cm³/mol. The second-order valence-corrected chi connectivity index (χ2v) is 9.82. The molecule has 1 fully saturated rings. The number of halogens is 3. The summed E-state index contributed by atoms with van der Waals surface area (Å²) < 4.78 is 68.7. The molecule has 2 N–H and O–H groups in total. The Kier molecular flexibility index (Phi) is 5.60. The van der Waals surface area contributed by atoms with E-state index < -0.39 is 39.3 Å². The summed E-state index contributed by atoms with van der Waals surface area (Å²) in [6.45, 7) is 1.52. The Hall–Kier alpha value is -3.48. The number of nitrogens with one attached hydrogen (secondary N) is 2.